The van der Waals surface area contributed by atoms with E-state index < -0.39 is 0 Å². The third kappa shape index (κ3) is 1.82. The average molecular weight is 229 g/mol. The summed E-state index contributed by atoms with van der Waals surface area (Å²) in [5.74, 6) is 0.482. The van der Waals surface area contributed by atoms with Crippen molar-refractivity contribution >= 4 is 11.5 Å². The molecule has 1 aliphatic heterocycles. The molecule has 0 radical (unpaired) electrons. The Morgan fingerprint density at radius 3 is 2.71 bits per heavy atom. The van der Waals surface area contributed by atoms with Gasteiger partial charge in [0, 0.05) is 18.8 Å². The molecule has 0 bridgehead atoms. The summed E-state index contributed by atoms with van der Waals surface area (Å²) in [6.07, 6.45) is 1.24. The van der Waals surface area contributed by atoms with Crippen LogP contribution < -0.4 is 10.6 Å². The third-order valence-corrected chi connectivity index (χ3v) is 2.99. The van der Waals surface area contributed by atoms with Gasteiger partial charge in [-0.3, -0.25) is 0 Å². The summed E-state index contributed by atoms with van der Waals surface area (Å²) >= 11 is 0. The number of pyridine rings is 1. The van der Waals surface area contributed by atoms with Gasteiger partial charge in [-0.1, -0.05) is 6.07 Å². The molecular weight excluding hydrogens is 217 g/mol. The second-order valence-electron chi connectivity index (χ2n) is 4.22. The van der Waals surface area contributed by atoms with Crippen LogP contribution >= 0.6 is 0 Å². The molecule has 0 fully saturated rings. The highest BCUT2D eigenvalue weighted by Gasteiger charge is 2.19. The van der Waals surface area contributed by atoms with Gasteiger partial charge in [0.1, 0.15) is 11.6 Å². The first-order valence-electron chi connectivity index (χ1n) is 5.46. The van der Waals surface area contributed by atoms with Crippen molar-refractivity contribution in [3.05, 3.63) is 53.5 Å². The van der Waals surface area contributed by atoms with Crippen LogP contribution in [0.15, 0.2) is 36.5 Å². The lowest BCUT2D eigenvalue weighted by Crippen LogP contribution is -2.15. The second-order valence-corrected chi connectivity index (χ2v) is 4.22. The first-order chi connectivity index (χ1) is 8.22. The fourth-order valence-corrected chi connectivity index (χ4v) is 2.13. The fraction of sp³-hybridized carbons (Fsp3) is 0.154. The SMILES string of the molecule is Nc1ccc2c(c1)CN(c1ccc(F)cn1)C2. The predicted molar refractivity (Wildman–Crippen MR) is 64.9 cm³/mol. The number of hydrogen-bond donors (Lipinski definition) is 1. The molecule has 1 aromatic carbocycles. The van der Waals surface area contributed by atoms with Crippen LogP contribution in [0, 0.1) is 5.82 Å². The molecular formula is C13H12FN3. The van der Waals surface area contributed by atoms with Gasteiger partial charge in [0.25, 0.3) is 0 Å². The van der Waals surface area contributed by atoms with E-state index in [2.05, 4.69) is 9.88 Å². The van der Waals surface area contributed by atoms with Crippen molar-refractivity contribution in [3.63, 3.8) is 0 Å². The van der Waals surface area contributed by atoms with Crippen LogP contribution in [0.5, 0.6) is 0 Å². The van der Waals surface area contributed by atoms with Crippen molar-refractivity contribution in [1.29, 1.82) is 0 Å². The molecule has 1 aromatic heterocycles. The number of nitrogens with two attached hydrogens (primary N) is 1. The maximum absolute atomic E-state index is 12.8. The maximum Gasteiger partial charge on any atom is 0.141 e. The first-order valence-corrected chi connectivity index (χ1v) is 5.46. The van der Waals surface area contributed by atoms with E-state index in [1.54, 1.807) is 6.07 Å². The monoisotopic (exact) mass is 229 g/mol. The van der Waals surface area contributed by atoms with E-state index in [-0.39, 0.29) is 5.82 Å². The summed E-state index contributed by atoms with van der Waals surface area (Å²) in [4.78, 5) is 6.19. The van der Waals surface area contributed by atoms with E-state index in [4.69, 9.17) is 5.73 Å². The van der Waals surface area contributed by atoms with Crippen molar-refractivity contribution in [2.24, 2.45) is 0 Å². The molecule has 4 heteroatoms. The Bertz CT molecular complexity index is 551. The van der Waals surface area contributed by atoms with Gasteiger partial charge < -0.3 is 10.6 Å². The lowest BCUT2D eigenvalue weighted by molar-refractivity contribution is 0.620. The summed E-state index contributed by atoms with van der Waals surface area (Å²) in [6.45, 7) is 1.58. The molecule has 0 spiro atoms. The molecule has 86 valence electrons. The molecule has 3 nitrogen and oxygen atoms in total. The number of rotatable bonds is 1. The van der Waals surface area contributed by atoms with Crippen molar-refractivity contribution < 1.29 is 4.39 Å². The number of fused-ring (bicyclic) bond motifs is 1. The molecule has 17 heavy (non-hydrogen) atoms. The van der Waals surface area contributed by atoms with Crippen LogP contribution in [-0.2, 0) is 13.1 Å². The van der Waals surface area contributed by atoms with Gasteiger partial charge >= 0.3 is 0 Å². The topological polar surface area (TPSA) is 42.1 Å². The van der Waals surface area contributed by atoms with Gasteiger partial charge in [-0.25, -0.2) is 9.37 Å². The summed E-state index contributed by atoms with van der Waals surface area (Å²) < 4.78 is 12.8. The van der Waals surface area contributed by atoms with Crippen LogP contribution in [0.3, 0.4) is 0 Å². The van der Waals surface area contributed by atoms with Gasteiger partial charge in [-0.15, -0.1) is 0 Å². The molecule has 2 N–H and O–H groups in total. The quantitative estimate of drug-likeness (QED) is 0.763. The minimum atomic E-state index is -0.310. The van der Waals surface area contributed by atoms with Gasteiger partial charge in [-0.05, 0) is 35.4 Å². The minimum Gasteiger partial charge on any atom is -0.399 e. The summed E-state index contributed by atoms with van der Waals surface area (Å²) in [6, 6.07) is 9.05. The molecule has 0 aliphatic carbocycles. The van der Waals surface area contributed by atoms with Crippen LogP contribution in [0.25, 0.3) is 0 Å². The Labute approximate surface area is 98.7 Å². The summed E-state index contributed by atoms with van der Waals surface area (Å²) in [5, 5.41) is 0. The molecule has 3 rings (SSSR count). The standard InChI is InChI=1S/C13H12FN3/c14-11-2-4-13(16-6-11)17-7-9-1-3-12(15)5-10(9)8-17/h1-6H,7-8,15H2. The number of halogens is 1. The van der Waals surface area contributed by atoms with E-state index in [0.29, 0.717) is 0 Å². The van der Waals surface area contributed by atoms with Crippen LogP contribution in [0.1, 0.15) is 11.1 Å². The molecule has 0 amide bonds. The van der Waals surface area contributed by atoms with Gasteiger partial charge in [0.15, 0.2) is 0 Å². The Hall–Kier alpha value is -2.10. The number of nitrogens with zero attached hydrogens (tertiary/aromatic N) is 2. The fourth-order valence-electron chi connectivity index (χ4n) is 2.13. The van der Waals surface area contributed by atoms with Crippen molar-refractivity contribution in [1.82, 2.24) is 4.98 Å². The normalized spacial score (nSPS) is 13.8. The summed E-state index contributed by atoms with van der Waals surface area (Å²) in [7, 11) is 0. The highest BCUT2D eigenvalue weighted by atomic mass is 19.1. The van der Waals surface area contributed by atoms with Crippen molar-refractivity contribution in [2.75, 3.05) is 10.6 Å². The smallest absolute Gasteiger partial charge is 0.141 e. The van der Waals surface area contributed by atoms with Crippen LogP contribution in [0.4, 0.5) is 15.9 Å². The average Bonchev–Trinajstić information content (AvgIpc) is 2.72. The molecule has 0 saturated heterocycles. The molecule has 2 aromatic rings. The first kappa shape index (κ1) is 10.1. The molecule has 0 atom stereocenters. The number of aromatic nitrogens is 1. The van der Waals surface area contributed by atoms with Crippen LogP contribution in [0.2, 0.25) is 0 Å². The van der Waals surface area contributed by atoms with E-state index in [0.717, 1.165) is 24.6 Å². The number of benzene rings is 1. The highest BCUT2D eigenvalue weighted by molar-refractivity contribution is 5.52. The highest BCUT2D eigenvalue weighted by Crippen LogP contribution is 2.28. The predicted octanol–water partition coefficient (Wildman–Crippen LogP) is 2.32. The van der Waals surface area contributed by atoms with E-state index in [1.165, 1.54) is 23.4 Å². The van der Waals surface area contributed by atoms with E-state index >= 15 is 0 Å². The molecule has 0 saturated carbocycles. The Kier molecular flexibility index (Phi) is 2.21. The lowest BCUT2D eigenvalue weighted by atomic mass is 10.1. The molecule has 0 unspecified atom stereocenters. The number of hydrogen-bond acceptors (Lipinski definition) is 3. The number of anilines is 2. The largest absolute Gasteiger partial charge is 0.399 e. The van der Waals surface area contributed by atoms with E-state index in [9.17, 15) is 4.39 Å². The second kappa shape index (κ2) is 3.73. The van der Waals surface area contributed by atoms with Gasteiger partial charge in [0.05, 0.1) is 6.20 Å². The zero-order valence-electron chi connectivity index (χ0n) is 9.23. The Morgan fingerprint density at radius 2 is 1.94 bits per heavy atom. The zero-order valence-corrected chi connectivity index (χ0v) is 9.23. The Balaban J connectivity index is 1.88. The van der Waals surface area contributed by atoms with Gasteiger partial charge in [-0.2, -0.15) is 0 Å². The maximum atomic E-state index is 12.8. The third-order valence-electron chi connectivity index (χ3n) is 2.99. The summed E-state index contributed by atoms with van der Waals surface area (Å²) in [5.41, 5.74) is 9.00. The van der Waals surface area contributed by atoms with Crippen molar-refractivity contribution in [3.8, 4) is 0 Å². The zero-order chi connectivity index (χ0) is 11.8. The Morgan fingerprint density at radius 1 is 1.12 bits per heavy atom. The lowest BCUT2D eigenvalue weighted by Gasteiger charge is -2.15. The van der Waals surface area contributed by atoms with E-state index in [1.807, 2.05) is 18.2 Å². The van der Waals surface area contributed by atoms with Gasteiger partial charge in [0.2, 0.25) is 0 Å². The molecule has 1 aliphatic rings. The molecule has 2 heterocycles. The number of nitrogen functional groups attached to an aromatic ring is 1. The van der Waals surface area contributed by atoms with Crippen molar-refractivity contribution in [2.45, 2.75) is 13.1 Å². The van der Waals surface area contributed by atoms with Crippen LogP contribution in [-0.4, -0.2) is 4.98 Å². The minimum absolute atomic E-state index is 0.310.